The van der Waals surface area contributed by atoms with E-state index in [1.807, 2.05) is 25.1 Å². The van der Waals surface area contributed by atoms with Crippen molar-refractivity contribution in [2.45, 2.75) is 19.4 Å². The summed E-state index contributed by atoms with van der Waals surface area (Å²) in [4.78, 5) is 12.4. The monoisotopic (exact) mass is 272 g/mol. The Morgan fingerprint density at radius 1 is 1.16 bits per heavy atom. The number of carbonyl (C=O) groups excluding carboxylic acids is 1. The molecule has 0 amide bonds. The van der Waals surface area contributed by atoms with Crippen LogP contribution in [0.25, 0.3) is 0 Å². The molecule has 2 aromatic carbocycles. The summed E-state index contributed by atoms with van der Waals surface area (Å²) in [6, 6.07) is 12.6. The van der Waals surface area contributed by atoms with Gasteiger partial charge in [-0.3, -0.25) is 4.79 Å². The van der Waals surface area contributed by atoms with Crippen LogP contribution in [0, 0.1) is 0 Å². The van der Waals surface area contributed by atoms with Gasteiger partial charge in [-0.05, 0) is 55.0 Å². The van der Waals surface area contributed by atoms with E-state index in [2.05, 4.69) is 0 Å². The van der Waals surface area contributed by atoms with Crippen LogP contribution in [0.4, 0.5) is 0 Å². The molecule has 0 radical (unpaired) electrons. The van der Waals surface area contributed by atoms with Crippen molar-refractivity contribution in [3.8, 4) is 5.75 Å². The van der Waals surface area contributed by atoms with E-state index in [1.54, 1.807) is 24.3 Å². The summed E-state index contributed by atoms with van der Waals surface area (Å²) in [7, 11) is 0. The molecule has 1 atom stereocenters. The van der Waals surface area contributed by atoms with Crippen molar-refractivity contribution >= 4 is 17.4 Å². The van der Waals surface area contributed by atoms with E-state index in [0.29, 0.717) is 16.1 Å². The topological polar surface area (TPSA) is 26.3 Å². The zero-order valence-corrected chi connectivity index (χ0v) is 11.3. The molecule has 0 bridgehead atoms. The summed E-state index contributed by atoms with van der Waals surface area (Å²) in [6.07, 6.45) is 1.05. The number of halogens is 1. The van der Waals surface area contributed by atoms with E-state index in [9.17, 15) is 4.79 Å². The van der Waals surface area contributed by atoms with Gasteiger partial charge in [-0.15, -0.1) is 0 Å². The summed E-state index contributed by atoms with van der Waals surface area (Å²) < 4.78 is 5.63. The first-order valence-corrected chi connectivity index (χ1v) is 6.61. The molecule has 0 spiro atoms. The normalized spacial score (nSPS) is 16.8. The highest BCUT2D eigenvalue weighted by molar-refractivity contribution is 6.30. The fraction of sp³-hybridized carbons (Fsp3) is 0.188. The predicted octanol–water partition coefficient (Wildman–Crippen LogP) is 3.89. The Morgan fingerprint density at radius 3 is 2.58 bits per heavy atom. The van der Waals surface area contributed by atoms with E-state index in [0.717, 1.165) is 17.7 Å². The Morgan fingerprint density at radius 2 is 1.84 bits per heavy atom. The SMILES string of the molecule is C[C@H]1Cc2cc(C(=O)c3ccc(Cl)cc3)ccc2O1. The Bertz CT molecular complexity index is 632. The second-order valence-corrected chi connectivity index (χ2v) is 5.23. The molecule has 0 unspecified atom stereocenters. The Balaban J connectivity index is 1.93. The third-order valence-electron chi connectivity index (χ3n) is 3.26. The van der Waals surface area contributed by atoms with Crippen molar-refractivity contribution in [1.29, 1.82) is 0 Å². The molecule has 19 heavy (non-hydrogen) atoms. The number of ketones is 1. The van der Waals surface area contributed by atoms with Crippen LogP contribution in [0.2, 0.25) is 5.02 Å². The van der Waals surface area contributed by atoms with Crippen LogP contribution in [0.1, 0.15) is 28.4 Å². The largest absolute Gasteiger partial charge is 0.490 e. The highest BCUT2D eigenvalue weighted by Gasteiger charge is 2.20. The Labute approximate surface area is 117 Å². The average Bonchev–Trinajstić information content (AvgIpc) is 2.77. The number of rotatable bonds is 2. The zero-order chi connectivity index (χ0) is 13.4. The summed E-state index contributed by atoms with van der Waals surface area (Å²) in [5.41, 5.74) is 2.45. The maximum atomic E-state index is 12.4. The van der Waals surface area contributed by atoms with Gasteiger partial charge in [0.25, 0.3) is 0 Å². The lowest BCUT2D eigenvalue weighted by Crippen LogP contribution is -2.05. The Kier molecular flexibility index (Phi) is 3.03. The molecule has 96 valence electrons. The van der Waals surface area contributed by atoms with Crippen molar-refractivity contribution in [2.75, 3.05) is 0 Å². The highest BCUT2D eigenvalue weighted by atomic mass is 35.5. The quantitative estimate of drug-likeness (QED) is 0.775. The number of hydrogen-bond donors (Lipinski definition) is 0. The van der Waals surface area contributed by atoms with Crippen molar-refractivity contribution < 1.29 is 9.53 Å². The number of ether oxygens (including phenoxy) is 1. The van der Waals surface area contributed by atoms with Crippen LogP contribution >= 0.6 is 11.6 Å². The van der Waals surface area contributed by atoms with Crippen molar-refractivity contribution in [1.82, 2.24) is 0 Å². The molecule has 0 aliphatic carbocycles. The molecule has 2 nitrogen and oxygen atoms in total. The average molecular weight is 273 g/mol. The van der Waals surface area contributed by atoms with Crippen LogP contribution in [-0.4, -0.2) is 11.9 Å². The summed E-state index contributed by atoms with van der Waals surface area (Å²) in [6.45, 7) is 2.03. The molecule has 1 heterocycles. The minimum atomic E-state index is 0.0130. The third kappa shape index (κ3) is 2.36. The van der Waals surface area contributed by atoms with Gasteiger partial charge in [0.15, 0.2) is 5.78 Å². The van der Waals surface area contributed by atoms with Gasteiger partial charge < -0.3 is 4.74 Å². The van der Waals surface area contributed by atoms with E-state index >= 15 is 0 Å². The fourth-order valence-corrected chi connectivity index (χ4v) is 2.46. The molecule has 0 aromatic heterocycles. The fourth-order valence-electron chi connectivity index (χ4n) is 2.33. The van der Waals surface area contributed by atoms with Crippen LogP contribution in [-0.2, 0) is 6.42 Å². The molecule has 3 heteroatoms. The smallest absolute Gasteiger partial charge is 0.193 e. The summed E-state index contributed by atoms with van der Waals surface area (Å²) in [5, 5.41) is 0.632. The van der Waals surface area contributed by atoms with Crippen LogP contribution in [0.3, 0.4) is 0 Å². The predicted molar refractivity (Wildman–Crippen MR) is 75.1 cm³/mol. The van der Waals surface area contributed by atoms with Crippen molar-refractivity contribution in [3.05, 3.63) is 64.2 Å². The first-order valence-electron chi connectivity index (χ1n) is 6.23. The van der Waals surface area contributed by atoms with Crippen LogP contribution < -0.4 is 4.74 Å². The van der Waals surface area contributed by atoms with Gasteiger partial charge in [-0.25, -0.2) is 0 Å². The highest BCUT2D eigenvalue weighted by Crippen LogP contribution is 2.30. The lowest BCUT2D eigenvalue weighted by atomic mass is 10.00. The molecule has 0 saturated heterocycles. The first kappa shape index (κ1) is 12.2. The van der Waals surface area contributed by atoms with E-state index in [4.69, 9.17) is 16.3 Å². The third-order valence-corrected chi connectivity index (χ3v) is 3.52. The lowest BCUT2D eigenvalue weighted by Gasteiger charge is -2.04. The van der Waals surface area contributed by atoms with Gasteiger partial charge in [0, 0.05) is 22.6 Å². The molecule has 0 N–H and O–H groups in total. The molecule has 2 aromatic rings. The zero-order valence-electron chi connectivity index (χ0n) is 10.5. The molecule has 3 rings (SSSR count). The standard InChI is InChI=1S/C16H13ClO2/c1-10-8-13-9-12(4-7-15(13)19-10)16(18)11-2-5-14(17)6-3-11/h2-7,9-10H,8H2,1H3/t10-/m0/s1. The van der Waals surface area contributed by atoms with E-state index in [1.165, 1.54) is 0 Å². The van der Waals surface area contributed by atoms with E-state index < -0.39 is 0 Å². The molecule has 0 saturated carbocycles. The molecular formula is C16H13ClO2. The second kappa shape index (κ2) is 4.71. The molecule has 0 fully saturated rings. The molecular weight excluding hydrogens is 260 g/mol. The minimum Gasteiger partial charge on any atom is -0.490 e. The van der Waals surface area contributed by atoms with Gasteiger partial charge in [-0.2, -0.15) is 0 Å². The number of fused-ring (bicyclic) bond motifs is 1. The van der Waals surface area contributed by atoms with Crippen molar-refractivity contribution in [3.63, 3.8) is 0 Å². The number of carbonyl (C=O) groups is 1. The number of hydrogen-bond acceptors (Lipinski definition) is 2. The summed E-state index contributed by atoms with van der Waals surface area (Å²) >= 11 is 5.83. The second-order valence-electron chi connectivity index (χ2n) is 4.79. The molecule has 1 aliphatic heterocycles. The van der Waals surface area contributed by atoms with Gasteiger partial charge in [0.2, 0.25) is 0 Å². The first-order chi connectivity index (χ1) is 9.13. The van der Waals surface area contributed by atoms with Gasteiger partial charge in [0.05, 0.1) is 0 Å². The van der Waals surface area contributed by atoms with Gasteiger partial charge in [0.1, 0.15) is 11.9 Å². The summed E-state index contributed by atoms with van der Waals surface area (Å²) in [5.74, 6) is 0.902. The molecule has 1 aliphatic rings. The maximum absolute atomic E-state index is 12.4. The number of benzene rings is 2. The van der Waals surface area contributed by atoms with Crippen LogP contribution in [0.5, 0.6) is 5.75 Å². The van der Waals surface area contributed by atoms with Crippen molar-refractivity contribution in [2.24, 2.45) is 0 Å². The lowest BCUT2D eigenvalue weighted by molar-refractivity contribution is 0.103. The van der Waals surface area contributed by atoms with Crippen LogP contribution in [0.15, 0.2) is 42.5 Å². The Hall–Kier alpha value is -1.80. The van der Waals surface area contributed by atoms with E-state index in [-0.39, 0.29) is 11.9 Å². The minimum absolute atomic E-state index is 0.0130. The maximum Gasteiger partial charge on any atom is 0.193 e. The van der Waals surface area contributed by atoms with Gasteiger partial charge in [-0.1, -0.05) is 11.6 Å². The van der Waals surface area contributed by atoms with Gasteiger partial charge >= 0.3 is 0 Å².